The van der Waals surface area contributed by atoms with E-state index in [2.05, 4.69) is 69.4 Å². The molecule has 20 heteroatoms. The normalized spacial score (nSPS) is 7.50. The lowest BCUT2D eigenvalue weighted by Crippen LogP contribution is -2.11. The number of carboxylic acid groups (broad SMARTS) is 1. The Labute approximate surface area is 244 Å². The van der Waals surface area contributed by atoms with E-state index in [9.17, 15) is 33.6 Å². The molecule has 13 N–H and O–H groups in total. The Morgan fingerprint density at radius 1 is 0.452 bits per heavy atom. The van der Waals surface area contributed by atoms with Gasteiger partial charge in [0.1, 0.15) is 0 Å². The zero-order valence-electron chi connectivity index (χ0n) is 25.2. The first-order valence-electron chi connectivity index (χ1n) is 11.7. The van der Waals surface area contributed by atoms with Crippen LogP contribution in [0.25, 0.3) is 0 Å². The summed E-state index contributed by atoms with van der Waals surface area (Å²) < 4.78 is 25.1. The summed E-state index contributed by atoms with van der Waals surface area (Å²) in [6.45, 7) is 16.9. The van der Waals surface area contributed by atoms with Crippen molar-refractivity contribution in [2.45, 2.75) is 48.5 Å². The molecule has 0 aromatic rings. The Morgan fingerprint density at radius 3 is 0.548 bits per heavy atom. The predicted molar refractivity (Wildman–Crippen MR) is 150 cm³/mol. The van der Waals surface area contributed by atoms with Crippen molar-refractivity contribution in [2.75, 3.05) is 39.6 Å². The topological polar surface area (TPSA) is 351 Å². The zero-order chi connectivity index (χ0) is 35.1. The molecule has 0 radical (unpaired) electrons. The van der Waals surface area contributed by atoms with Gasteiger partial charge in [0.05, 0.1) is 39.6 Å². The third kappa shape index (κ3) is 141. The van der Waals surface area contributed by atoms with E-state index in [-0.39, 0.29) is 5.57 Å². The second kappa shape index (κ2) is 45.7. The first kappa shape index (κ1) is 53.1. The first-order valence-corrected chi connectivity index (χ1v) is 11.7. The van der Waals surface area contributed by atoms with Gasteiger partial charge in [-0.3, -0.25) is 0 Å². The monoisotopic (exact) mass is 620 g/mol. The first-order chi connectivity index (χ1) is 19.3. The van der Waals surface area contributed by atoms with Gasteiger partial charge in [-0.2, -0.15) is 0 Å². The summed E-state index contributed by atoms with van der Waals surface area (Å²) >= 11 is 0. The summed E-state index contributed by atoms with van der Waals surface area (Å²) in [6, 6.07) is 0. The molecule has 0 spiro atoms. The van der Waals surface area contributed by atoms with E-state index in [0.717, 1.165) is 0 Å². The van der Waals surface area contributed by atoms with E-state index >= 15 is 0 Å². The fourth-order valence-corrected chi connectivity index (χ4v) is 0.854. The lowest BCUT2D eigenvalue weighted by atomic mass is 10.4. The molecule has 0 atom stereocenters. The Morgan fingerprint density at radius 2 is 0.548 bits per heavy atom. The summed E-state index contributed by atoms with van der Waals surface area (Å²) in [5.41, 5.74) is 27.4. The molecule has 0 saturated heterocycles. The molecule has 0 rings (SSSR count). The van der Waals surface area contributed by atoms with Gasteiger partial charge in [-0.25, -0.2) is 33.6 Å². The highest BCUT2D eigenvalue weighted by Gasteiger charge is 1.90. The molecule has 0 aromatic heterocycles. The van der Waals surface area contributed by atoms with Crippen LogP contribution >= 0.6 is 0 Å². The van der Waals surface area contributed by atoms with Crippen molar-refractivity contribution in [1.82, 2.24) is 0 Å². The highest BCUT2D eigenvalue weighted by Crippen LogP contribution is 1.81. The third-order valence-corrected chi connectivity index (χ3v) is 2.08. The molecular weight excluding hydrogens is 572 g/mol. The number of ether oxygens (including phenoxy) is 6. The molecule has 0 aromatic carbocycles. The maximum Gasteiger partial charge on any atom is 0.404 e. The van der Waals surface area contributed by atoms with E-state index < -0.39 is 42.5 Å². The van der Waals surface area contributed by atoms with Gasteiger partial charge in [0.25, 0.3) is 0 Å². The Balaban J connectivity index is -0.0000000681. The average molecular weight is 621 g/mol. The molecular formula is C22H48N6O14. The number of carbonyl (C=O) groups is 7. The second-order valence-electron chi connectivity index (χ2n) is 5.60. The third-order valence-electron chi connectivity index (χ3n) is 2.08. The second-order valence-corrected chi connectivity index (χ2v) is 5.60. The molecule has 0 fully saturated rings. The summed E-state index contributed by atoms with van der Waals surface area (Å²) in [4.78, 5) is 67.2. The number of aliphatic carboxylic acids is 1. The van der Waals surface area contributed by atoms with Gasteiger partial charge in [-0.1, -0.05) is 6.58 Å². The fourth-order valence-electron chi connectivity index (χ4n) is 0.854. The van der Waals surface area contributed by atoms with Crippen molar-refractivity contribution < 1.29 is 67.1 Å². The Hall–Kier alpha value is -5.17. The highest BCUT2D eigenvalue weighted by atomic mass is 16.6. The minimum atomic E-state index is -0.935. The lowest BCUT2D eigenvalue weighted by Gasteiger charge is -1.89. The van der Waals surface area contributed by atoms with Crippen LogP contribution in [0.2, 0.25) is 0 Å². The standard InChI is InChI=1S/C4H6O2.6C3H7NO2/c1-3(2)4(5)6;6*1-2-6-3(4)5/h1H2,2H3,(H,5,6);6*2H2,1H3,(H2,4,5). The molecule has 42 heavy (non-hydrogen) atoms. The van der Waals surface area contributed by atoms with Crippen LogP contribution < -0.4 is 34.4 Å². The molecule has 0 aliphatic carbocycles. The molecule has 0 bridgehead atoms. The van der Waals surface area contributed by atoms with Crippen LogP contribution in [0.15, 0.2) is 12.2 Å². The number of hydrogen-bond acceptors (Lipinski definition) is 13. The van der Waals surface area contributed by atoms with Crippen LogP contribution in [-0.2, 0) is 33.2 Å². The van der Waals surface area contributed by atoms with E-state index in [1.807, 2.05) is 0 Å². The minimum absolute atomic E-state index is 0.176. The summed E-state index contributed by atoms with van der Waals surface area (Å²) in [5, 5.41) is 7.89. The molecule has 0 aliphatic heterocycles. The molecule has 20 nitrogen and oxygen atoms in total. The number of carboxylic acids is 1. The van der Waals surface area contributed by atoms with Crippen molar-refractivity contribution in [2.24, 2.45) is 34.4 Å². The largest absolute Gasteiger partial charge is 0.478 e. The van der Waals surface area contributed by atoms with Gasteiger partial charge in [-0.15, -0.1) is 0 Å². The SMILES string of the molecule is C=C(C)C(=O)O.CCOC(N)=O.CCOC(N)=O.CCOC(N)=O.CCOC(N)=O.CCOC(N)=O.CCOC(N)=O. The number of nitrogens with two attached hydrogens (primary N) is 6. The van der Waals surface area contributed by atoms with Crippen LogP contribution in [0, 0.1) is 0 Å². The average Bonchev–Trinajstić information content (AvgIpc) is 2.81. The van der Waals surface area contributed by atoms with E-state index in [0.29, 0.717) is 39.6 Å². The van der Waals surface area contributed by atoms with Gasteiger partial charge < -0.3 is 67.9 Å². The van der Waals surface area contributed by atoms with Crippen LogP contribution in [-0.4, -0.2) is 87.3 Å². The van der Waals surface area contributed by atoms with E-state index in [1.165, 1.54) is 6.92 Å². The van der Waals surface area contributed by atoms with Crippen molar-refractivity contribution in [3.8, 4) is 0 Å². The molecule has 0 saturated carbocycles. The lowest BCUT2D eigenvalue weighted by molar-refractivity contribution is -0.132. The highest BCUT2D eigenvalue weighted by molar-refractivity contribution is 5.84. The fraction of sp³-hybridized carbons (Fsp3) is 0.591. The smallest absolute Gasteiger partial charge is 0.404 e. The van der Waals surface area contributed by atoms with Crippen molar-refractivity contribution in [1.29, 1.82) is 0 Å². The number of amides is 6. The molecule has 0 heterocycles. The molecule has 0 unspecified atom stereocenters. The Kier molecular flexibility index (Phi) is 57.9. The van der Waals surface area contributed by atoms with Crippen LogP contribution in [0.4, 0.5) is 28.8 Å². The van der Waals surface area contributed by atoms with E-state index in [4.69, 9.17) is 5.11 Å². The van der Waals surface area contributed by atoms with Gasteiger partial charge in [0, 0.05) is 5.57 Å². The van der Waals surface area contributed by atoms with Gasteiger partial charge in [-0.05, 0) is 48.5 Å². The van der Waals surface area contributed by atoms with E-state index in [1.54, 1.807) is 41.5 Å². The zero-order valence-corrected chi connectivity index (χ0v) is 25.2. The molecule has 6 amide bonds. The number of rotatable bonds is 7. The van der Waals surface area contributed by atoms with Gasteiger partial charge >= 0.3 is 42.5 Å². The predicted octanol–water partition coefficient (Wildman–Crippen LogP) is 1.26. The molecule has 0 aliphatic rings. The summed E-state index contributed by atoms with van der Waals surface area (Å²) in [7, 11) is 0. The quantitative estimate of drug-likeness (QED) is 0.155. The number of carbonyl (C=O) groups excluding carboxylic acids is 6. The van der Waals surface area contributed by atoms with Gasteiger partial charge in [0.15, 0.2) is 0 Å². The summed E-state index contributed by atoms with van der Waals surface area (Å²) in [5.74, 6) is -0.935. The van der Waals surface area contributed by atoms with Crippen molar-refractivity contribution in [3.05, 3.63) is 12.2 Å². The van der Waals surface area contributed by atoms with Crippen molar-refractivity contribution in [3.63, 3.8) is 0 Å². The maximum atomic E-state index is 9.60. The number of primary amides is 6. The van der Waals surface area contributed by atoms with Crippen LogP contribution in [0.5, 0.6) is 0 Å². The maximum absolute atomic E-state index is 9.60. The number of hydrogen-bond donors (Lipinski definition) is 7. The minimum Gasteiger partial charge on any atom is -0.478 e. The summed E-state index contributed by atoms with van der Waals surface area (Å²) in [6.07, 6.45) is -4.26. The van der Waals surface area contributed by atoms with Gasteiger partial charge in [0.2, 0.25) is 0 Å². The van der Waals surface area contributed by atoms with Crippen LogP contribution in [0.1, 0.15) is 48.5 Å². The van der Waals surface area contributed by atoms with Crippen molar-refractivity contribution >= 4 is 42.5 Å². The van der Waals surface area contributed by atoms with Crippen LogP contribution in [0.3, 0.4) is 0 Å². The molecule has 250 valence electrons. The Bertz CT molecular complexity index is 600.